The van der Waals surface area contributed by atoms with Crippen LogP contribution in [0.4, 0.5) is 5.69 Å². The lowest BCUT2D eigenvalue weighted by molar-refractivity contribution is -0.384. The van der Waals surface area contributed by atoms with Crippen molar-refractivity contribution in [3.63, 3.8) is 0 Å². The summed E-state index contributed by atoms with van der Waals surface area (Å²) in [4.78, 5) is 26.6. The van der Waals surface area contributed by atoms with E-state index in [1.165, 1.54) is 22.7 Å². The topological polar surface area (TPSA) is 93.3 Å². The monoisotopic (exact) mass is 396 g/mol. The maximum absolute atomic E-state index is 12.8. The molecule has 0 saturated heterocycles. The van der Waals surface area contributed by atoms with Crippen molar-refractivity contribution < 1.29 is 4.92 Å². The zero-order valence-electron chi connectivity index (χ0n) is 16.0. The number of hydrogen-bond acceptors (Lipinski definition) is 4. The Morgan fingerprint density at radius 2 is 1.73 bits per heavy atom. The van der Waals surface area contributed by atoms with Crippen molar-refractivity contribution in [3.05, 3.63) is 99.0 Å². The Morgan fingerprint density at radius 1 is 1.00 bits per heavy atom. The molecule has 1 N–H and O–H groups in total. The van der Waals surface area contributed by atoms with Gasteiger partial charge in [-0.1, -0.05) is 42.5 Å². The van der Waals surface area contributed by atoms with Crippen LogP contribution in [0.2, 0.25) is 0 Å². The van der Waals surface area contributed by atoms with E-state index < -0.39 is 4.92 Å². The van der Waals surface area contributed by atoms with Crippen LogP contribution >= 0.6 is 0 Å². The lowest BCUT2D eigenvalue weighted by atomic mass is 9.98. The second-order valence-electron chi connectivity index (χ2n) is 7.07. The molecule has 0 amide bonds. The van der Waals surface area contributed by atoms with Gasteiger partial charge in [0.2, 0.25) is 0 Å². The summed E-state index contributed by atoms with van der Waals surface area (Å²) >= 11 is 0. The van der Waals surface area contributed by atoms with Crippen LogP contribution in [-0.2, 0) is 0 Å². The Morgan fingerprint density at radius 3 is 2.50 bits per heavy atom. The van der Waals surface area contributed by atoms with Crippen LogP contribution < -0.4 is 5.56 Å². The number of nitrogens with one attached hydrogen (secondary N) is 1. The number of benzene rings is 3. The van der Waals surface area contributed by atoms with E-state index in [-0.39, 0.29) is 11.2 Å². The summed E-state index contributed by atoms with van der Waals surface area (Å²) in [6.45, 7) is 1.88. The minimum atomic E-state index is -0.450. The van der Waals surface area contributed by atoms with Crippen molar-refractivity contribution in [2.75, 3.05) is 0 Å². The minimum Gasteiger partial charge on any atom is -0.339 e. The first-order chi connectivity index (χ1) is 14.5. The van der Waals surface area contributed by atoms with Crippen LogP contribution in [0.25, 0.3) is 38.8 Å². The summed E-state index contributed by atoms with van der Waals surface area (Å²) in [5.74, 6) is 0. The van der Waals surface area contributed by atoms with Gasteiger partial charge in [0, 0.05) is 23.8 Å². The Hall–Kier alpha value is -4.26. The van der Waals surface area contributed by atoms with E-state index >= 15 is 0 Å². The number of hydrogen-bond donors (Lipinski definition) is 1. The fourth-order valence-corrected chi connectivity index (χ4v) is 3.83. The van der Waals surface area contributed by atoms with E-state index in [1.54, 1.807) is 12.1 Å². The zero-order valence-corrected chi connectivity index (χ0v) is 16.0. The Kier molecular flexibility index (Phi) is 3.96. The first-order valence-corrected chi connectivity index (χ1v) is 9.38. The van der Waals surface area contributed by atoms with E-state index in [0.717, 1.165) is 27.6 Å². The average molecular weight is 396 g/mol. The van der Waals surface area contributed by atoms with Gasteiger partial charge in [-0.2, -0.15) is 9.61 Å². The number of aryl methyl sites for hydroxylation is 1. The molecule has 5 aromatic rings. The van der Waals surface area contributed by atoms with E-state index in [2.05, 4.69) is 10.1 Å². The van der Waals surface area contributed by atoms with E-state index in [1.807, 2.05) is 49.4 Å². The van der Waals surface area contributed by atoms with Crippen molar-refractivity contribution in [1.29, 1.82) is 0 Å². The number of rotatable bonds is 3. The molecule has 0 saturated carbocycles. The summed E-state index contributed by atoms with van der Waals surface area (Å²) in [5.41, 5.74) is 4.15. The molecule has 0 atom stereocenters. The highest BCUT2D eigenvalue weighted by Crippen LogP contribution is 2.33. The van der Waals surface area contributed by atoms with Gasteiger partial charge in [0.25, 0.3) is 11.2 Å². The fraction of sp³-hybridized carbons (Fsp3) is 0.0435. The summed E-state index contributed by atoms with van der Waals surface area (Å²) < 4.78 is 1.36. The molecule has 0 spiro atoms. The minimum absolute atomic E-state index is 0.00110. The van der Waals surface area contributed by atoms with Crippen molar-refractivity contribution >= 4 is 22.1 Å². The molecule has 2 heterocycles. The smallest absolute Gasteiger partial charge is 0.274 e. The molecule has 0 aliphatic rings. The molecule has 2 aromatic heterocycles. The molecule has 0 bridgehead atoms. The predicted molar refractivity (Wildman–Crippen MR) is 116 cm³/mol. The van der Waals surface area contributed by atoms with Crippen LogP contribution in [0.3, 0.4) is 0 Å². The number of aromatic nitrogens is 3. The van der Waals surface area contributed by atoms with Gasteiger partial charge in [-0.3, -0.25) is 14.9 Å². The number of nitro benzene ring substituents is 1. The first kappa shape index (κ1) is 17.8. The summed E-state index contributed by atoms with van der Waals surface area (Å²) in [6, 6.07) is 21.7. The molecule has 0 radical (unpaired) electrons. The maximum atomic E-state index is 12.8. The normalized spacial score (nSPS) is 11.2. The zero-order chi connectivity index (χ0) is 20.8. The molecule has 0 unspecified atom stereocenters. The summed E-state index contributed by atoms with van der Waals surface area (Å²) in [7, 11) is 0. The number of H-pyrrole nitrogens is 1. The van der Waals surface area contributed by atoms with Crippen LogP contribution in [0, 0.1) is 17.0 Å². The SMILES string of the molecule is Cc1nn2c(=O)cc(-c3ccc([N+](=O)[O-])cc3)[nH]c2c1-c1cccc2ccccc12. The molecule has 146 valence electrons. The van der Waals surface area contributed by atoms with Crippen LogP contribution in [0.5, 0.6) is 0 Å². The molecule has 7 nitrogen and oxygen atoms in total. The average Bonchev–Trinajstić information content (AvgIpc) is 3.09. The highest BCUT2D eigenvalue weighted by molar-refractivity contribution is 6.00. The molecular formula is C23H16N4O3. The third-order valence-electron chi connectivity index (χ3n) is 5.24. The number of aromatic amines is 1. The van der Waals surface area contributed by atoms with Crippen molar-refractivity contribution in [2.45, 2.75) is 6.92 Å². The molecular weight excluding hydrogens is 380 g/mol. The van der Waals surface area contributed by atoms with Gasteiger partial charge in [-0.25, -0.2) is 0 Å². The third-order valence-corrected chi connectivity index (χ3v) is 5.24. The van der Waals surface area contributed by atoms with Gasteiger partial charge in [-0.05, 0) is 41.0 Å². The first-order valence-electron chi connectivity index (χ1n) is 9.38. The predicted octanol–water partition coefficient (Wildman–Crippen LogP) is 4.73. The largest absolute Gasteiger partial charge is 0.339 e. The van der Waals surface area contributed by atoms with Gasteiger partial charge in [0.15, 0.2) is 0 Å². The lowest BCUT2D eigenvalue weighted by Crippen LogP contribution is -2.14. The van der Waals surface area contributed by atoms with Gasteiger partial charge >= 0.3 is 0 Å². The molecule has 7 heteroatoms. The standard InChI is InChI=1S/C23H16N4O3/c1-14-22(19-8-4-6-15-5-2-3-7-18(15)19)23-24-20(13-21(28)26(23)25-14)16-9-11-17(12-10-16)27(29)30/h2-13,24H,1H3. The highest BCUT2D eigenvalue weighted by atomic mass is 16.6. The highest BCUT2D eigenvalue weighted by Gasteiger charge is 2.17. The van der Waals surface area contributed by atoms with Crippen molar-refractivity contribution in [2.24, 2.45) is 0 Å². The van der Waals surface area contributed by atoms with Crippen LogP contribution in [0.15, 0.2) is 77.6 Å². The van der Waals surface area contributed by atoms with E-state index in [4.69, 9.17) is 0 Å². The number of nitrogens with zero attached hydrogens (tertiary/aromatic N) is 3. The molecule has 5 rings (SSSR count). The molecule has 0 aliphatic carbocycles. The van der Waals surface area contributed by atoms with Gasteiger partial charge in [0.05, 0.1) is 16.3 Å². The Labute approximate surface area is 170 Å². The second kappa shape index (κ2) is 6.66. The van der Waals surface area contributed by atoms with Crippen LogP contribution in [-0.4, -0.2) is 19.5 Å². The van der Waals surface area contributed by atoms with E-state index in [0.29, 0.717) is 16.9 Å². The summed E-state index contributed by atoms with van der Waals surface area (Å²) in [6.07, 6.45) is 0. The molecule has 3 aromatic carbocycles. The van der Waals surface area contributed by atoms with Gasteiger partial charge in [0.1, 0.15) is 5.65 Å². The summed E-state index contributed by atoms with van der Waals surface area (Å²) in [5, 5.41) is 17.5. The van der Waals surface area contributed by atoms with Gasteiger partial charge in [-0.15, -0.1) is 0 Å². The lowest BCUT2D eigenvalue weighted by Gasteiger charge is -2.08. The molecule has 0 fully saturated rings. The van der Waals surface area contributed by atoms with Crippen molar-refractivity contribution in [1.82, 2.24) is 14.6 Å². The quantitative estimate of drug-likeness (QED) is 0.352. The molecule has 0 aliphatic heterocycles. The molecule has 30 heavy (non-hydrogen) atoms. The number of nitro groups is 1. The maximum Gasteiger partial charge on any atom is 0.274 e. The van der Waals surface area contributed by atoms with Crippen molar-refractivity contribution in [3.8, 4) is 22.4 Å². The van der Waals surface area contributed by atoms with Gasteiger partial charge < -0.3 is 4.98 Å². The Balaban J connectivity index is 1.77. The second-order valence-corrected chi connectivity index (χ2v) is 7.07. The van der Waals surface area contributed by atoms with E-state index in [9.17, 15) is 14.9 Å². The number of non-ortho nitro benzene ring substituents is 1. The number of fused-ring (bicyclic) bond motifs is 2. The van der Waals surface area contributed by atoms with Crippen LogP contribution in [0.1, 0.15) is 5.69 Å². The third kappa shape index (κ3) is 2.76. The fourth-order valence-electron chi connectivity index (χ4n) is 3.83. The Bertz CT molecular complexity index is 1490.